The van der Waals surface area contributed by atoms with Gasteiger partial charge >= 0.3 is 0 Å². The van der Waals surface area contributed by atoms with Crippen molar-refractivity contribution in [2.45, 2.75) is 45.4 Å². The smallest absolute Gasteiger partial charge is 0.173 e. The number of piperidine rings is 1. The zero-order valence-electron chi connectivity index (χ0n) is 14.3. The van der Waals surface area contributed by atoms with E-state index in [-0.39, 0.29) is 11.7 Å². The van der Waals surface area contributed by atoms with E-state index in [0.717, 1.165) is 30.2 Å². The number of Topliss-reactive ketones (excluding diaryl/α,β-unsaturated/α-hetero) is 1. The van der Waals surface area contributed by atoms with Crippen LogP contribution in [0.2, 0.25) is 0 Å². The number of carbonyl (C=O) groups is 1. The van der Waals surface area contributed by atoms with Crippen molar-refractivity contribution in [3.8, 4) is 5.75 Å². The quantitative estimate of drug-likeness (QED) is 0.789. The van der Waals surface area contributed by atoms with Crippen LogP contribution in [-0.2, 0) is 0 Å². The summed E-state index contributed by atoms with van der Waals surface area (Å²) >= 11 is 0. The standard InChI is InChI=1S/C20H29NO2/c1-2-3-6-16-9-12-21(13-10-16)14-11-17-15-23-19-8-5-4-7-18(19)20(17)22/h4-5,7-8,16-17H,2-3,6,9-15H2,1H3. The number of para-hydroxylation sites is 1. The van der Waals surface area contributed by atoms with E-state index in [0.29, 0.717) is 6.61 Å². The van der Waals surface area contributed by atoms with Gasteiger partial charge in [-0.3, -0.25) is 4.79 Å². The minimum atomic E-state index is 0.0303. The van der Waals surface area contributed by atoms with Crippen LogP contribution < -0.4 is 4.74 Å². The summed E-state index contributed by atoms with van der Waals surface area (Å²) in [7, 11) is 0. The first-order valence-electron chi connectivity index (χ1n) is 9.26. The van der Waals surface area contributed by atoms with Gasteiger partial charge in [0.15, 0.2) is 5.78 Å². The molecular formula is C20H29NO2. The second-order valence-corrected chi connectivity index (χ2v) is 7.08. The molecule has 0 bridgehead atoms. The molecule has 2 aliphatic heterocycles. The molecule has 1 atom stereocenters. The van der Waals surface area contributed by atoms with Crippen molar-refractivity contribution in [3.05, 3.63) is 29.8 Å². The van der Waals surface area contributed by atoms with Crippen LogP contribution in [0.3, 0.4) is 0 Å². The SMILES string of the molecule is CCCCC1CCN(CCC2COc3ccccc3C2=O)CC1. The molecule has 1 saturated heterocycles. The van der Waals surface area contributed by atoms with Crippen LogP contribution in [0, 0.1) is 11.8 Å². The molecule has 2 heterocycles. The van der Waals surface area contributed by atoms with Crippen molar-refractivity contribution in [3.63, 3.8) is 0 Å². The molecule has 0 saturated carbocycles. The Labute approximate surface area is 140 Å². The molecule has 0 radical (unpaired) electrons. The molecule has 1 unspecified atom stereocenters. The van der Waals surface area contributed by atoms with E-state index in [1.807, 2.05) is 24.3 Å². The molecule has 0 N–H and O–H groups in total. The summed E-state index contributed by atoms with van der Waals surface area (Å²) in [6.07, 6.45) is 7.67. The zero-order chi connectivity index (χ0) is 16.1. The Morgan fingerprint density at radius 3 is 2.74 bits per heavy atom. The lowest BCUT2D eigenvalue weighted by Gasteiger charge is -2.33. The predicted octanol–water partition coefficient (Wildman–Crippen LogP) is 4.17. The minimum absolute atomic E-state index is 0.0303. The Bertz CT molecular complexity index is 520. The number of fused-ring (bicyclic) bond motifs is 1. The fraction of sp³-hybridized carbons (Fsp3) is 0.650. The maximum atomic E-state index is 12.6. The van der Waals surface area contributed by atoms with Gasteiger partial charge in [-0.2, -0.15) is 0 Å². The van der Waals surface area contributed by atoms with Gasteiger partial charge < -0.3 is 9.64 Å². The Hall–Kier alpha value is -1.35. The lowest BCUT2D eigenvalue weighted by Crippen LogP contribution is -2.37. The molecule has 3 nitrogen and oxygen atoms in total. The fourth-order valence-electron chi connectivity index (χ4n) is 3.83. The Morgan fingerprint density at radius 1 is 1.17 bits per heavy atom. The van der Waals surface area contributed by atoms with Crippen molar-refractivity contribution in [1.29, 1.82) is 0 Å². The highest BCUT2D eigenvalue weighted by Gasteiger charge is 2.29. The number of unbranched alkanes of at least 4 members (excludes halogenated alkanes) is 1. The van der Waals surface area contributed by atoms with Gasteiger partial charge in [0.05, 0.1) is 18.1 Å². The summed E-state index contributed by atoms with van der Waals surface area (Å²) in [5.41, 5.74) is 0.766. The average Bonchev–Trinajstić information content (AvgIpc) is 2.60. The third kappa shape index (κ3) is 4.14. The Morgan fingerprint density at radius 2 is 1.96 bits per heavy atom. The largest absolute Gasteiger partial charge is 0.492 e. The predicted molar refractivity (Wildman–Crippen MR) is 93.1 cm³/mol. The van der Waals surface area contributed by atoms with E-state index >= 15 is 0 Å². The van der Waals surface area contributed by atoms with Crippen molar-refractivity contribution >= 4 is 5.78 Å². The molecule has 0 aliphatic carbocycles. The van der Waals surface area contributed by atoms with Crippen molar-refractivity contribution in [1.82, 2.24) is 4.90 Å². The first-order valence-corrected chi connectivity index (χ1v) is 9.26. The number of ether oxygens (including phenoxy) is 1. The van der Waals surface area contributed by atoms with E-state index in [1.165, 1.54) is 45.2 Å². The first kappa shape index (κ1) is 16.5. The number of likely N-dealkylation sites (tertiary alicyclic amines) is 1. The summed E-state index contributed by atoms with van der Waals surface area (Å²) in [5, 5.41) is 0. The minimum Gasteiger partial charge on any atom is -0.492 e. The summed E-state index contributed by atoms with van der Waals surface area (Å²) in [5.74, 6) is 1.98. The van der Waals surface area contributed by atoms with Crippen LogP contribution in [-0.4, -0.2) is 36.9 Å². The van der Waals surface area contributed by atoms with Gasteiger partial charge in [-0.1, -0.05) is 38.3 Å². The molecular weight excluding hydrogens is 286 g/mol. The van der Waals surface area contributed by atoms with Gasteiger partial charge in [0.25, 0.3) is 0 Å². The highest BCUT2D eigenvalue weighted by Crippen LogP contribution is 2.29. The molecule has 126 valence electrons. The highest BCUT2D eigenvalue weighted by atomic mass is 16.5. The second kappa shape index (κ2) is 7.96. The molecule has 0 aromatic heterocycles. The van der Waals surface area contributed by atoms with Gasteiger partial charge in [-0.15, -0.1) is 0 Å². The highest BCUT2D eigenvalue weighted by molar-refractivity contribution is 6.01. The third-order valence-corrected chi connectivity index (χ3v) is 5.43. The number of hydrogen-bond donors (Lipinski definition) is 0. The van der Waals surface area contributed by atoms with Crippen molar-refractivity contribution < 1.29 is 9.53 Å². The van der Waals surface area contributed by atoms with Crippen LogP contribution >= 0.6 is 0 Å². The first-order chi connectivity index (χ1) is 11.3. The third-order valence-electron chi connectivity index (χ3n) is 5.43. The fourth-order valence-corrected chi connectivity index (χ4v) is 3.83. The molecule has 0 amide bonds. The normalized spacial score (nSPS) is 22.7. The lowest BCUT2D eigenvalue weighted by molar-refractivity contribution is 0.0791. The van der Waals surface area contributed by atoms with Crippen LogP contribution in [0.5, 0.6) is 5.75 Å². The van der Waals surface area contributed by atoms with Crippen molar-refractivity contribution in [2.75, 3.05) is 26.2 Å². The number of ketones is 1. The molecule has 3 rings (SSSR count). The van der Waals surface area contributed by atoms with Crippen LogP contribution in [0.25, 0.3) is 0 Å². The van der Waals surface area contributed by atoms with E-state index in [2.05, 4.69) is 11.8 Å². The molecule has 3 heteroatoms. The molecule has 1 aromatic rings. The second-order valence-electron chi connectivity index (χ2n) is 7.08. The molecule has 1 fully saturated rings. The van der Waals surface area contributed by atoms with E-state index in [1.54, 1.807) is 0 Å². The average molecular weight is 315 g/mol. The lowest BCUT2D eigenvalue weighted by atomic mass is 9.90. The summed E-state index contributed by atoms with van der Waals surface area (Å²) in [6.45, 7) is 6.25. The molecule has 23 heavy (non-hydrogen) atoms. The van der Waals surface area contributed by atoms with Gasteiger partial charge in [0.1, 0.15) is 5.75 Å². The van der Waals surface area contributed by atoms with Crippen molar-refractivity contribution in [2.24, 2.45) is 11.8 Å². The van der Waals surface area contributed by atoms with Gasteiger partial charge in [-0.05, 0) is 56.9 Å². The van der Waals surface area contributed by atoms with Crippen LogP contribution in [0.1, 0.15) is 55.8 Å². The zero-order valence-corrected chi connectivity index (χ0v) is 14.3. The van der Waals surface area contributed by atoms with Gasteiger partial charge in [0, 0.05) is 0 Å². The molecule has 1 aromatic carbocycles. The number of hydrogen-bond acceptors (Lipinski definition) is 3. The topological polar surface area (TPSA) is 29.5 Å². The molecule has 0 spiro atoms. The van der Waals surface area contributed by atoms with E-state index in [9.17, 15) is 4.79 Å². The van der Waals surface area contributed by atoms with E-state index < -0.39 is 0 Å². The molecule has 2 aliphatic rings. The maximum Gasteiger partial charge on any atom is 0.173 e. The van der Waals surface area contributed by atoms with Crippen LogP contribution in [0.15, 0.2) is 24.3 Å². The number of nitrogens with zero attached hydrogens (tertiary/aromatic N) is 1. The number of rotatable bonds is 6. The Balaban J connectivity index is 1.44. The van der Waals surface area contributed by atoms with Crippen LogP contribution in [0.4, 0.5) is 0 Å². The summed E-state index contributed by atoms with van der Waals surface area (Å²) in [6, 6.07) is 7.63. The summed E-state index contributed by atoms with van der Waals surface area (Å²) < 4.78 is 5.77. The van der Waals surface area contributed by atoms with Gasteiger partial charge in [-0.25, -0.2) is 0 Å². The summed E-state index contributed by atoms with van der Waals surface area (Å²) in [4.78, 5) is 15.1. The number of carbonyl (C=O) groups excluding carboxylic acids is 1. The Kier molecular flexibility index (Phi) is 5.71. The van der Waals surface area contributed by atoms with Gasteiger partial charge in [0.2, 0.25) is 0 Å². The number of benzene rings is 1. The maximum absolute atomic E-state index is 12.6. The monoisotopic (exact) mass is 315 g/mol. The van der Waals surface area contributed by atoms with E-state index in [4.69, 9.17) is 4.74 Å².